The Labute approximate surface area is 180 Å². The molecule has 1 fully saturated rings. The standard InChI is InChI=1S/C22H27F3N4O2/c1-14-6-7-20(31-22(23,24)25)19(11-14)29-10-8-17-15(2)26-21(27-18(17)12-29)30-13-16-5-4-9-28(16)3/h6-7,11,16H,4-5,8-10,12-13H2,1-3H3/t16-/m0/s1. The van der Waals surface area contributed by atoms with Gasteiger partial charge in [0.2, 0.25) is 0 Å². The van der Waals surface area contributed by atoms with Crippen LogP contribution in [0.2, 0.25) is 0 Å². The van der Waals surface area contributed by atoms with Crippen molar-refractivity contribution in [3.63, 3.8) is 0 Å². The minimum Gasteiger partial charge on any atom is -0.462 e. The number of nitrogens with zero attached hydrogens (tertiary/aromatic N) is 4. The van der Waals surface area contributed by atoms with Gasteiger partial charge in [-0.1, -0.05) is 6.07 Å². The highest BCUT2D eigenvalue weighted by molar-refractivity contribution is 5.61. The Morgan fingerprint density at radius 2 is 1.97 bits per heavy atom. The number of ether oxygens (including phenoxy) is 2. The third kappa shape index (κ3) is 5.03. The van der Waals surface area contributed by atoms with Crippen LogP contribution in [-0.2, 0) is 13.0 Å². The van der Waals surface area contributed by atoms with Crippen molar-refractivity contribution in [3.8, 4) is 11.8 Å². The molecule has 9 heteroatoms. The molecule has 3 heterocycles. The van der Waals surface area contributed by atoms with E-state index in [1.54, 1.807) is 12.1 Å². The summed E-state index contributed by atoms with van der Waals surface area (Å²) in [4.78, 5) is 13.3. The molecule has 0 spiro atoms. The molecule has 2 aliphatic rings. The number of fused-ring (bicyclic) bond motifs is 1. The van der Waals surface area contributed by atoms with Gasteiger partial charge < -0.3 is 19.3 Å². The van der Waals surface area contributed by atoms with Crippen molar-refractivity contribution in [2.45, 2.75) is 52.1 Å². The maximum absolute atomic E-state index is 12.9. The molecule has 0 unspecified atom stereocenters. The van der Waals surface area contributed by atoms with Crippen LogP contribution in [0.4, 0.5) is 18.9 Å². The summed E-state index contributed by atoms with van der Waals surface area (Å²) < 4.78 is 48.9. The molecule has 1 saturated heterocycles. The molecule has 1 aromatic heterocycles. The van der Waals surface area contributed by atoms with Crippen LogP contribution in [0.25, 0.3) is 0 Å². The lowest BCUT2D eigenvalue weighted by atomic mass is 10.0. The summed E-state index contributed by atoms with van der Waals surface area (Å²) in [5, 5.41) is 0. The van der Waals surface area contributed by atoms with Crippen LogP contribution in [0.5, 0.6) is 11.8 Å². The average molecular weight is 436 g/mol. The van der Waals surface area contributed by atoms with Crippen molar-refractivity contribution in [3.05, 3.63) is 40.7 Å². The van der Waals surface area contributed by atoms with E-state index in [0.29, 0.717) is 43.9 Å². The van der Waals surface area contributed by atoms with Gasteiger partial charge in [0.15, 0.2) is 5.75 Å². The van der Waals surface area contributed by atoms with E-state index < -0.39 is 6.36 Å². The monoisotopic (exact) mass is 436 g/mol. The lowest BCUT2D eigenvalue weighted by molar-refractivity contribution is -0.274. The second-order valence-corrected chi connectivity index (χ2v) is 8.30. The number of likely N-dealkylation sites (tertiary alicyclic amines) is 1. The summed E-state index contributed by atoms with van der Waals surface area (Å²) in [6.07, 6.45) is -1.86. The van der Waals surface area contributed by atoms with Gasteiger partial charge in [-0.25, -0.2) is 4.98 Å². The molecule has 1 atom stereocenters. The minimum atomic E-state index is -4.75. The van der Waals surface area contributed by atoms with Gasteiger partial charge in [-0.3, -0.25) is 0 Å². The number of alkyl halides is 3. The van der Waals surface area contributed by atoms with E-state index in [9.17, 15) is 13.2 Å². The molecule has 1 aromatic carbocycles. The van der Waals surface area contributed by atoms with Crippen LogP contribution in [0.15, 0.2) is 18.2 Å². The Balaban J connectivity index is 1.55. The number of aromatic nitrogens is 2. The first-order valence-corrected chi connectivity index (χ1v) is 10.5. The van der Waals surface area contributed by atoms with E-state index in [-0.39, 0.29) is 5.75 Å². The second kappa shape index (κ2) is 8.53. The van der Waals surface area contributed by atoms with Gasteiger partial charge in [-0.15, -0.1) is 13.2 Å². The van der Waals surface area contributed by atoms with Crippen molar-refractivity contribution >= 4 is 5.69 Å². The molecule has 0 saturated carbocycles. The number of aryl methyl sites for hydroxylation is 2. The summed E-state index contributed by atoms with van der Waals surface area (Å²) >= 11 is 0. The van der Waals surface area contributed by atoms with Gasteiger partial charge in [-0.05, 0) is 70.0 Å². The number of hydrogen-bond acceptors (Lipinski definition) is 6. The number of rotatable bonds is 5. The number of hydrogen-bond donors (Lipinski definition) is 0. The Hall–Kier alpha value is -2.55. The summed E-state index contributed by atoms with van der Waals surface area (Å²) in [6, 6.07) is 5.37. The predicted octanol–water partition coefficient (Wildman–Crippen LogP) is 4.03. The van der Waals surface area contributed by atoms with Crippen LogP contribution in [0, 0.1) is 13.8 Å². The zero-order valence-corrected chi connectivity index (χ0v) is 18.0. The largest absolute Gasteiger partial charge is 0.573 e. The highest BCUT2D eigenvalue weighted by Gasteiger charge is 2.33. The fourth-order valence-electron chi connectivity index (χ4n) is 4.31. The van der Waals surface area contributed by atoms with E-state index >= 15 is 0 Å². The molecule has 4 rings (SSSR count). The van der Waals surface area contributed by atoms with Gasteiger partial charge in [0.25, 0.3) is 0 Å². The van der Waals surface area contributed by atoms with Crippen LogP contribution >= 0.6 is 0 Å². The van der Waals surface area contributed by atoms with Crippen LogP contribution in [0.3, 0.4) is 0 Å². The molecule has 0 bridgehead atoms. The summed E-state index contributed by atoms with van der Waals surface area (Å²) in [5.41, 5.74) is 3.95. The van der Waals surface area contributed by atoms with Gasteiger partial charge in [0.05, 0.1) is 17.9 Å². The molecule has 0 radical (unpaired) electrons. The molecule has 0 amide bonds. The van der Waals surface area contributed by atoms with Crippen LogP contribution in [-0.4, -0.2) is 54.0 Å². The highest BCUT2D eigenvalue weighted by Crippen LogP contribution is 2.36. The normalized spacial score (nSPS) is 19.4. The molecular formula is C22H27F3N4O2. The van der Waals surface area contributed by atoms with Gasteiger partial charge >= 0.3 is 12.4 Å². The van der Waals surface area contributed by atoms with Crippen molar-refractivity contribution in [2.24, 2.45) is 0 Å². The van der Waals surface area contributed by atoms with E-state index in [1.807, 2.05) is 18.7 Å². The fraction of sp³-hybridized carbons (Fsp3) is 0.545. The van der Waals surface area contributed by atoms with Crippen molar-refractivity contribution in [1.29, 1.82) is 0 Å². The maximum atomic E-state index is 12.9. The minimum absolute atomic E-state index is 0.201. The molecule has 2 aliphatic heterocycles. The topological polar surface area (TPSA) is 50.7 Å². The van der Waals surface area contributed by atoms with Crippen LogP contribution < -0.4 is 14.4 Å². The van der Waals surface area contributed by atoms with E-state index in [1.165, 1.54) is 6.07 Å². The lowest BCUT2D eigenvalue weighted by Crippen LogP contribution is -2.33. The summed E-state index contributed by atoms with van der Waals surface area (Å²) in [5.74, 6) is -0.201. The molecule has 31 heavy (non-hydrogen) atoms. The molecule has 2 aromatic rings. The Morgan fingerprint density at radius 1 is 1.16 bits per heavy atom. The highest BCUT2D eigenvalue weighted by atomic mass is 19.4. The first-order chi connectivity index (χ1) is 14.7. The number of anilines is 1. The first kappa shape index (κ1) is 21.7. The summed E-state index contributed by atoms with van der Waals surface area (Å²) in [7, 11) is 2.08. The zero-order valence-electron chi connectivity index (χ0n) is 18.0. The smallest absolute Gasteiger partial charge is 0.462 e. The van der Waals surface area contributed by atoms with Crippen molar-refractivity contribution in [2.75, 3.05) is 31.6 Å². The maximum Gasteiger partial charge on any atom is 0.573 e. The third-order valence-electron chi connectivity index (χ3n) is 6.01. The SMILES string of the molecule is Cc1ccc(OC(F)(F)F)c(N2CCc3c(C)nc(OC[C@@H]4CCCN4C)nc3C2)c1. The van der Waals surface area contributed by atoms with E-state index in [0.717, 1.165) is 41.9 Å². The third-order valence-corrected chi connectivity index (χ3v) is 6.01. The molecule has 6 nitrogen and oxygen atoms in total. The lowest BCUT2D eigenvalue weighted by Gasteiger charge is -2.32. The fourth-order valence-corrected chi connectivity index (χ4v) is 4.31. The Kier molecular flexibility index (Phi) is 5.96. The first-order valence-electron chi connectivity index (χ1n) is 10.5. The van der Waals surface area contributed by atoms with Crippen LogP contribution in [0.1, 0.15) is 35.4 Å². The van der Waals surface area contributed by atoms with Gasteiger partial charge in [0, 0.05) is 18.3 Å². The average Bonchev–Trinajstić information content (AvgIpc) is 3.11. The number of benzene rings is 1. The predicted molar refractivity (Wildman–Crippen MR) is 111 cm³/mol. The molecule has 168 valence electrons. The molecular weight excluding hydrogens is 409 g/mol. The Bertz CT molecular complexity index is 951. The quantitative estimate of drug-likeness (QED) is 0.706. The van der Waals surface area contributed by atoms with Gasteiger partial charge in [0.1, 0.15) is 6.61 Å². The van der Waals surface area contributed by atoms with E-state index in [2.05, 4.69) is 26.7 Å². The molecule has 0 N–H and O–H groups in total. The number of halogens is 3. The summed E-state index contributed by atoms with van der Waals surface area (Å²) in [6.45, 7) is 6.29. The van der Waals surface area contributed by atoms with Gasteiger partial charge in [-0.2, -0.15) is 4.98 Å². The van der Waals surface area contributed by atoms with E-state index in [4.69, 9.17) is 4.74 Å². The number of likely N-dealkylation sites (N-methyl/N-ethyl adjacent to an activating group) is 1. The zero-order chi connectivity index (χ0) is 22.2. The van der Waals surface area contributed by atoms with Crippen molar-refractivity contribution < 1.29 is 22.6 Å². The molecule has 0 aliphatic carbocycles. The Morgan fingerprint density at radius 3 is 2.68 bits per heavy atom. The van der Waals surface area contributed by atoms with Crippen molar-refractivity contribution in [1.82, 2.24) is 14.9 Å². The second-order valence-electron chi connectivity index (χ2n) is 8.30.